The van der Waals surface area contributed by atoms with E-state index in [1.165, 1.54) is 0 Å². The summed E-state index contributed by atoms with van der Waals surface area (Å²) in [6.07, 6.45) is 7.16. The molecule has 0 fully saturated rings. The number of aryl methyl sites for hydroxylation is 1. The zero-order valence-electron chi connectivity index (χ0n) is 9.31. The molecule has 2 rings (SSSR count). The van der Waals surface area contributed by atoms with Crippen molar-refractivity contribution in [2.45, 2.75) is 20.8 Å². The van der Waals surface area contributed by atoms with Gasteiger partial charge in [-0.1, -0.05) is 19.9 Å². The van der Waals surface area contributed by atoms with Crippen LogP contribution in [0.15, 0.2) is 36.9 Å². The molecule has 15 heavy (non-hydrogen) atoms. The van der Waals surface area contributed by atoms with Crippen molar-refractivity contribution in [2.24, 2.45) is 0 Å². The van der Waals surface area contributed by atoms with Crippen LogP contribution >= 0.6 is 0 Å². The molecular weight excluding hydrogens is 186 g/mol. The van der Waals surface area contributed by atoms with Gasteiger partial charge < -0.3 is 0 Å². The topological polar surface area (TPSA) is 38.7 Å². The Hall–Kier alpha value is -1.77. The molecule has 2 aromatic rings. The second-order valence-electron chi connectivity index (χ2n) is 2.76. The van der Waals surface area contributed by atoms with Crippen molar-refractivity contribution < 1.29 is 0 Å². The molecule has 0 unspecified atom stereocenters. The van der Waals surface area contributed by atoms with Gasteiger partial charge in [-0.15, -0.1) is 0 Å². The second-order valence-corrected chi connectivity index (χ2v) is 2.76. The van der Waals surface area contributed by atoms with Crippen LogP contribution in [0.25, 0.3) is 11.1 Å². The number of nitrogens with zero attached hydrogens (tertiary/aromatic N) is 3. The first-order valence-corrected chi connectivity index (χ1v) is 5.05. The molecule has 0 N–H and O–H groups in total. The van der Waals surface area contributed by atoms with Crippen LogP contribution in [0.4, 0.5) is 0 Å². The highest BCUT2D eigenvalue weighted by Gasteiger charge is 1.96. The fourth-order valence-corrected chi connectivity index (χ4v) is 1.08. The third kappa shape index (κ3) is 3.13. The maximum absolute atomic E-state index is 4.12. The molecule has 0 bridgehead atoms. The highest BCUT2D eigenvalue weighted by Crippen LogP contribution is 2.14. The first kappa shape index (κ1) is 11.3. The number of pyridine rings is 1. The quantitative estimate of drug-likeness (QED) is 0.712. The van der Waals surface area contributed by atoms with E-state index in [-0.39, 0.29) is 0 Å². The minimum Gasteiger partial charge on any atom is -0.264 e. The molecule has 3 heteroatoms. The predicted molar refractivity (Wildman–Crippen MR) is 61.3 cm³/mol. The van der Waals surface area contributed by atoms with E-state index < -0.39 is 0 Å². The highest BCUT2D eigenvalue weighted by atomic mass is 14.8. The minimum atomic E-state index is 0.785. The van der Waals surface area contributed by atoms with E-state index in [0.717, 1.165) is 17.0 Å². The first-order valence-electron chi connectivity index (χ1n) is 5.05. The summed E-state index contributed by atoms with van der Waals surface area (Å²) in [4.78, 5) is 12.3. The monoisotopic (exact) mass is 201 g/mol. The summed E-state index contributed by atoms with van der Waals surface area (Å²) >= 11 is 0. The largest absolute Gasteiger partial charge is 0.264 e. The molecule has 78 valence electrons. The van der Waals surface area contributed by atoms with E-state index >= 15 is 0 Å². The molecule has 0 saturated heterocycles. The fraction of sp³-hybridized carbons (Fsp3) is 0.250. The molecule has 0 aromatic carbocycles. The standard InChI is InChI=1S/C10H9N3.C2H6/c1-8-12-6-10(7-13-8)9-3-2-4-11-5-9;1-2/h2-7H,1H3;1-2H3. The van der Waals surface area contributed by atoms with Crippen LogP contribution in [0.2, 0.25) is 0 Å². The minimum absolute atomic E-state index is 0.785. The van der Waals surface area contributed by atoms with Gasteiger partial charge in [0.1, 0.15) is 5.82 Å². The third-order valence-electron chi connectivity index (χ3n) is 1.78. The summed E-state index contributed by atoms with van der Waals surface area (Å²) in [6.45, 7) is 5.87. The van der Waals surface area contributed by atoms with Crippen molar-refractivity contribution in [1.29, 1.82) is 0 Å². The average Bonchev–Trinajstić information content (AvgIpc) is 2.34. The Kier molecular flexibility index (Phi) is 4.41. The van der Waals surface area contributed by atoms with Gasteiger partial charge in [-0.25, -0.2) is 9.97 Å². The average molecular weight is 201 g/mol. The molecule has 0 saturated carbocycles. The van der Waals surface area contributed by atoms with Gasteiger partial charge in [-0.05, 0) is 13.0 Å². The molecule has 2 heterocycles. The Morgan fingerprint density at radius 1 is 0.933 bits per heavy atom. The first-order chi connectivity index (χ1) is 7.36. The number of aromatic nitrogens is 3. The van der Waals surface area contributed by atoms with Gasteiger partial charge in [0.2, 0.25) is 0 Å². The van der Waals surface area contributed by atoms with E-state index in [4.69, 9.17) is 0 Å². The molecule has 0 amide bonds. The van der Waals surface area contributed by atoms with Gasteiger partial charge in [-0.2, -0.15) is 0 Å². The van der Waals surface area contributed by atoms with Crippen LogP contribution in [-0.2, 0) is 0 Å². The molecule has 0 aliphatic rings. The van der Waals surface area contributed by atoms with Gasteiger partial charge in [0.25, 0.3) is 0 Å². The van der Waals surface area contributed by atoms with Crippen molar-refractivity contribution in [2.75, 3.05) is 0 Å². The van der Waals surface area contributed by atoms with Crippen LogP contribution in [-0.4, -0.2) is 15.0 Å². The summed E-state index contributed by atoms with van der Waals surface area (Å²) in [5, 5.41) is 0. The lowest BCUT2D eigenvalue weighted by atomic mass is 10.2. The molecule has 0 spiro atoms. The molecule has 2 aromatic heterocycles. The summed E-state index contributed by atoms with van der Waals surface area (Å²) in [5.74, 6) is 0.785. The predicted octanol–water partition coefficient (Wildman–Crippen LogP) is 2.87. The number of hydrogen-bond donors (Lipinski definition) is 0. The van der Waals surface area contributed by atoms with Crippen LogP contribution in [0.1, 0.15) is 19.7 Å². The SMILES string of the molecule is CC.Cc1ncc(-c2cccnc2)cn1. The Balaban J connectivity index is 0.000000531. The maximum Gasteiger partial charge on any atom is 0.125 e. The lowest BCUT2D eigenvalue weighted by Crippen LogP contribution is -1.87. The van der Waals surface area contributed by atoms with E-state index in [2.05, 4.69) is 15.0 Å². The number of rotatable bonds is 1. The van der Waals surface area contributed by atoms with Gasteiger partial charge in [0.15, 0.2) is 0 Å². The second kappa shape index (κ2) is 5.86. The third-order valence-corrected chi connectivity index (χ3v) is 1.78. The molecule has 0 aliphatic heterocycles. The van der Waals surface area contributed by atoms with Crippen molar-refractivity contribution in [3.63, 3.8) is 0 Å². The Bertz CT molecular complexity index is 381. The number of hydrogen-bond acceptors (Lipinski definition) is 3. The van der Waals surface area contributed by atoms with Crippen LogP contribution in [0.3, 0.4) is 0 Å². The molecule has 0 radical (unpaired) electrons. The van der Waals surface area contributed by atoms with E-state index in [1.54, 1.807) is 24.8 Å². The molecule has 0 aliphatic carbocycles. The van der Waals surface area contributed by atoms with Crippen LogP contribution in [0.5, 0.6) is 0 Å². The summed E-state index contributed by atoms with van der Waals surface area (Å²) < 4.78 is 0. The zero-order valence-corrected chi connectivity index (χ0v) is 9.31. The molecular formula is C12H15N3. The summed E-state index contributed by atoms with van der Waals surface area (Å²) in [7, 11) is 0. The molecule has 3 nitrogen and oxygen atoms in total. The van der Waals surface area contributed by atoms with E-state index in [9.17, 15) is 0 Å². The highest BCUT2D eigenvalue weighted by molar-refractivity contribution is 5.59. The summed E-state index contributed by atoms with van der Waals surface area (Å²) in [5.41, 5.74) is 2.04. The van der Waals surface area contributed by atoms with Gasteiger partial charge in [0, 0.05) is 35.9 Å². The van der Waals surface area contributed by atoms with Crippen molar-refractivity contribution in [3.05, 3.63) is 42.7 Å². The van der Waals surface area contributed by atoms with Crippen LogP contribution in [0, 0.1) is 6.92 Å². The van der Waals surface area contributed by atoms with E-state index in [1.807, 2.05) is 32.9 Å². The lowest BCUT2D eigenvalue weighted by Gasteiger charge is -1.98. The fourth-order valence-electron chi connectivity index (χ4n) is 1.08. The lowest BCUT2D eigenvalue weighted by molar-refractivity contribution is 1.05. The summed E-state index contributed by atoms with van der Waals surface area (Å²) in [6, 6.07) is 3.89. The van der Waals surface area contributed by atoms with Crippen LogP contribution < -0.4 is 0 Å². The van der Waals surface area contributed by atoms with Gasteiger partial charge >= 0.3 is 0 Å². The van der Waals surface area contributed by atoms with Crippen molar-refractivity contribution in [3.8, 4) is 11.1 Å². The van der Waals surface area contributed by atoms with Gasteiger partial charge in [0.05, 0.1) is 0 Å². The Morgan fingerprint density at radius 2 is 1.60 bits per heavy atom. The maximum atomic E-state index is 4.12. The van der Waals surface area contributed by atoms with Crippen molar-refractivity contribution >= 4 is 0 Å². The zero-order chi connectivity index (χ0) is 11.1. The smallest absolute Gasteiger partial charge is 0.125 e. The van der Waals surface area contributed by atoms with E-state index in [0.29, 0.717) is 0 Å². The van der Waals surface area contributed by atoms with Crippen molar-refractivity contribution in [1.82, 2.24) is 15.0 Å². The normalized spacial score (nSPS) is 9.00. The Morgan fingerprint density at radius 3 is 2.13 bits per heavy atom. The Labute approximate surface area is 90.2 Å². The molecule has 0 atom stereocenters. The van der Waals surface area contributed by atoms with Gasteiger partial charge in [-0.3, -0.25) is 4.98 Å².